The molecule has 2 aliphatic heterocycles. The molecule has 2 heterocycles. The number of rotatable bonds is 6. The van der Waals surface area contributed by atoms with Crippen LogP contribution in [0.2, 0.25) is 0 Å². The molecule has 1 saturated carbocycles. The second kappa shape index (κ2) is 11.6. The predicted octanol–water partition coefficient (Wildman–Crippen LogP) is 3.33. The van der Waals surface area contributed by atoms with Crippen LogP contribution in [-0.4, -0.2) is 64.9 Å². The quantitative estimate of drug-likeness (QED) is 0.452. The number of nitriles is 1. The van der Waals surface area contributed by atoms with Crippen molar-refractivity contribution in [3.63, 3.8) is 0 Å². The van der Waals surface area contributed by atoms with Crippen molar-refractivity contribution in [1.82, 2.24) is 20.9 Å². The van der Waals surface area contributed by atoms with E-state index in [2.05, 4.69) is 16.7 Å². The maximum Gasteiger partial charge on any atom is 0.471 e. The maximum atomic E-state index is 13.8. The number of hydrogen-bond acceptors (Lipinski definition) is 5. The number of alkyl halides is 3. The van der Waals surface area contributed by atoms with E-state index in [1.807, 2.05) is 19.2 Å². The molecule has 1 aliphatic carbocycles. The van der Waals surface area contributed by atoms with E-state index in [-0.39, 0.29) is 29.8 Å². The van der Waals surface area contributed by atoms with Gasteiger partial charge in [-0.2, -0.15) is 18.4 Å². The van der Waals surface area contributed by atoms with Crippen LogP contribution in [0.15, 0.2) is 0 Å². The Balaban J connectivity index is 1.82. The van der Waals surface area contributed by atoms with Crippen LogP contribution in [0.3, 0.4) is 0 Å². The van der Waals surface area contributed by atoms with E-state index in [4.69, 9.17) is 0 Å². The van der Waals surface area contributed by atoms with Gasteiger partial charge in [-0.1, -0.05) is 40.0 Å². The molecule has 2 saturated heterocycles. The molecular formula is C28H42F3N5O4. The van der Waals surface area contributed by atoms with Gasteiger partial charge in [-0.15, -0.1) is 0 Å². The molecule has 3 fully saturated rings. The average Bonchev–Trinajstić information content (AvgIpc) is 3.20. The maximum absolute atomic E-state index is 13.8. The predicted molar refractivity (Wildman–Crippen MR) is 140 cm³/mol. The number of nitrogens with one attached hydrogen (secondary N) is 3. The normalized spacial score (nSPS) is 25.9. The molecule has 0 unspecified atom stereocenters. The highest BCUT2D eigenvalue weighted by Gasteiger charge is 2.52. The fourth-order valence-corrected chi connectivity index (χ4v) is 6.30. The lowest BCUT2D eigenvalue weighted by Crippen LogP contribution is -2.59. The van der Waals surface area contributed by atoms with Crippen molar-refractivity contribution in [2.75, 3.05) is 6.54 Å². The number of halogens is 3. The molecule has 1 spiro atoms. The molecule has 3 rings (SSSR count). The fraction of sp³-hybridized carbons (Fsp3) is 0.821. The molecule has 0 radical (unpaired) electrons. The Kier molecular flexibility index (Phi) is 9.16. The topological polar surface area (TPSA) is 131 Å². The molecule has 3 N–H and O–H groups in total. The van der Waals surface area contributed by atoms with Gasteiger partial charge in [-0.25, -0.2) is 0 Å². The number of hydrogen-bond donors (Lipinski definition) is 3. The SMILES string of the molecule is CC1(C)CC[C@@H](C[C@@H](C#N)NC(=O)[C@@H]2CC3(CCCCC3)CN2C(=O)[C@@H](NC(=O)C(F)(F)F)C(C)(C)C)C(=O)N1. The smallest absolute Gasteiger partial charge is 0.351 e. The number of likely N-dealkylation sites (tertiary alicyclic amines) is 1. The summed E-state index contributed by atoms with van der Waals surface area (Å²) < 4.78 is 39.3. The summed E-state index contributed by atoms with van der Waals surface area (Å²) in [6.07, 6.45) is 0.955. The second-order valence-electron chi connectivity index (χ2n) is 13.6. The van der Waals surface area contributed by atoms with Crippen molar-refractivity contribution in [2.45, 2.75) is 122 Å². The Morgan fingerprint density at radius 1 is 1.10 bits per heavy atom. The Hall–Kier alpha value is -2.84. The van der Waals surface area contributed by atoms with Gasteiger partial charge in [0.25, 0.3) is 0 Å². The van der Waals surface area contributed by atoms with Crippen LogP contribution >= 0.6 is 0 Å². The molecule has 0 aromatic rings. The van der Waals surface area contributed by atoms with Gasteiger partial charge < -0.3 is 20.9 Å². The van der Waals surface area contributed by atoms with Crippen molar-refractivity contribution in [2.24, 2.45) is 16.7 Å². The Morgan fingerprint density at radius 2 is 1.73 bits per heavy atom. The van der Waals surface area contributed by atoms with Crippen molar-refractivity contribution >= 4 is 23.6 Å². The second-order valence-corrected chi connectivity index (χ2v) is 13.6. The minimum Gasteiger partial charge on any atom is -0.351 e. The van der Waals surface area contributed by atoms with Gasteiger partial charge in [0.1, 0.15) is 18.1 Å². The van der Waals surface area contributed by atoms with Gasteiger partial charge >= 0.3 is 12.1 Å². The summed E-state index contributed by atoms with van der Waals surface area (Å²) in [5.41, 5.74) is -1.77. The number of piperidine rings is 1. The van der Waals surface area contributed by atoms with Crippen molar-refractivity contribution in [3.8, 4) is 6.07 Å². The molecule has 0 aromatic heterocycles. The Morgan fingerprint density at radius 3 is 2.25 bits per heavy atom. The van der Waals surface area contributed by atoms with E-state index in [0.717, 1.165) is 38.5 Å². The highest BCUT2D eigenvalue weighted by Crippen LogP contribution is 2.47. The van der Waals surface area contributed by atoms with Crippen LogP contribution in [0.5, 0.6) is 0 Å². The van der Waals surface area contributed by atoms with Crippen molar-refractivity contribution in [3.05, 3.63) is 0 Å². The first kappa shape index (κ1) is 31.7. The molecule has 224 valence electrons. The third-order valence-corrected chi connectivity index (χ3v) is 8.60. The van der Waals surface area contributed by atoms with Crippen molar-refractivity contribution < 1.29 is 32.3 Å². The zero-order chi connectivity index (χ0) is 30.1. The monoisotopic (exact) mass is 569 g/mol. The Labute approximate surface area is 234 Å². The highest BCUT2D eigenvalue weighted by atomic mass is 19.4. The van der Waals surface area contributed by atoms with Gasteiger partial charge in [0.05, 0.1) is 6.07 Å². The van der Waals surface area contributed by atoms with Crippen LogP contribution in [0.1, 0.15) is 92.4 Å². The number of amides is 4. The first-order valence-corrected chi connectivity index (χ1v) is 14.1. The number of carbonyl (C=O) groups is 4. The van der Waals surface area contributed by atoms with Crippen LogP contribution in [0.25, 0.3) is 0 Å². The summed E-state index contributed by atoms with van der Waals surface area (Å²) in [4.78, 5) is 53.1. The third-order valence-electron chi connectivity index (χ3n) is 8.60. The van der Waals surface area contributed by atoms with Crippen LogP contribution in [0, 0.1) is 28.1 Å². The third kappa shape index (κ3) is 7.46. The van der Waals surface area contributed by atoms with Gasteiger partial charge in [0, 0.05) is 18.0 Å². The van der Waals surface area contributed by atoms with E-state index < -0.39 is 53.4 Å². The molecule has 9 nitrogen and oxygen atoms in total. The molecule has 4 amide bonds. The van der Waals surface area contributed by atoms with Crippen molar-refractivity contribution in [1.29, 1.82) is 5.26 Å². The number of carbonyl (C=O) groups excluding carboxylic acids is 4. The highest BCUT2D eigenvalue weighted by molar-refractivity contribution is 5.94. The molecular weight excluding hydrogens is 527 g/mol. The molecule has 40 heavy (non-hydrogen) atoms. The summed E-state index contributed by atoms with van der Waals surface area (Å²) in [5, 5.41) is 17.3. The minimum atomic E-state index is -5.17. The van der Waals surface area contributed by atoms with E-state index in [9.17, 15) is 37.6 Å². The van der Waals surface area contributed by atoms with Gasteiger partial charge in [0.15, 0.2) is 0 Å². The van der Waals surface area contributed by atoms with Crippen LogP contribution < -0.4 is 16.0 Å². The minimum absolute atomic E-state index is 0.113. The summed E-state index contributed by atoms with van der Waals surface area (Å²) in [6.45, 7) is 8.68. The van der Waals surface area contributed by atoms with Crippen LogP contribution in [0.4, 0.5) is 13.2 Å². The molecule has 4 atom stereocenters. The summed E-state index contributed by atoms with van der Waals surface area (Å²) in [7, 11) is 0. The van der Waals surface area contributed by atoms with E-state index in [0.29, 0.717) is 12.8 Å². The summed E-state index contributed by atoms with van der Waals surface area (Å²) >= 11 is 0. The largest absolute Gasteiger partial charge is 0.471 e. The standard InChI is InChI=1S/C28H42F3N5O4/c1-25(2,3)20(34-24(40)28(29,30)31)23(39)36-16-27(10-7-6-8-11-27)14-19(36)22(38)33-18(15-32)13-17-9-12-26(4,5)35-21(17)37/h17-20H,6-14,16H2,1-5H3,(H,33,38)(H,34,40)(H,35,37)/t17-,18-,19-,20+/m0/s1. The van der Waals surface area contributed by atoms with Gasteiger partial charge in [0.2, 0.25) is 17.7 Å². The lowest BCUT2D eigenvalue weighted by molar-refractivity contribution is -0.176. The van der Waals surface area contributed by atoms with Gasteiger partial charge in [-0.3, -0.25) is 19.2 Å². The van der Waals surface area contributed by atoms with Crippen LogP contribution in [-0.2, 0) is 19.2 Å². The molecule has 3 aliphatic rings. The zero-order valence-electron chi connectivity index (χ0n) is 24.0. The zero-order valence-corrected chi connectivity index (χ0v) is 24.0. The average molecular weight is 570 g/mol. The Bertz CT molecular complexity index is 1040. The van der Waals surface area contributed by atoms with E-state index in [1.54, 1.807) is 20.8 Å². The van der Waals surface area contributed by atoms with Gasteiger partial charge in [-0.05, 0) is 63.2 Å². The first-order chi connectivity index (χ1) is 18.4. The van der Waals surface area contributed by atoms with E-state index >= 15 is 0 Å². The lowest BCUT2D eigenvalue weighted by Gasteiger charge is -2.37. The van der Waals surface area contributed by atoms with E-state index in [1.165, 1.54) is 4.90 Å². The first-order valence-electron chi connectivity index (χ1n) is 14.1. The number of nitrogens with zero attached hydrogens (tertiary/aromatic N) is 2. The molecule has 0 bridgehead atoms. The lowest BCUT2D eigenvalue weighted by atomic mass is 9.72. The fourth-order valence-electron chi connectivity index (χ4n) is 6.30. The molecule has 0 aromatic carbocycles. The summed E-state index contributed by atoms with van der Waals surface area (Å²) in [6, 6.07) is -1.45. The molecule has 12 heteroatoms. The summed E-state index contributed by atoms with van der Waals surface area (Å²) in [5.74, 6) is -4.18.